The Hall–Kier alpha value is -0.860. The lowest BCUT2D eigenvalue weighted by atomic mass is 9.98. The molecule has 2 aliphatic rings. The maximum Gasteiger partial charge on any atom is 0.0253 e. The van der Waals surface area contributed by atoms with Crippen molar-refractivity contribution in [1.29, 1.82) is 0 Å². The van der Waals surface area contributed by atoms with Crippen molar-refractivity contribution in [3.05, 3.63) is 34.9 Å². The highest BCUT2D eigenvalue weighted by molar-refractivity contribution is 5.33. The zero-order chi connectivity index (χ0) is 14.1. The number of rotatable bonds is 4. The molecule has 0 bridgehead atoms. The van der Waals surface area contributed by atoms with Gasteiger partial charge in [0.25, 0.3) is 0 Å². The molecule has 0 radical (unpaired) electrons. The Morgan fingerprint density at radius 2 is 1.90 bits per heavy atom. The Kier molecular flexibility index (Phi) is 4.13. The first-order valence-corrected chi connectivity index (χ1v) is 8.21. The summed E-state index contributed by atoms with van der Waals surface area (Å²) in [4.78, 5) is 2.76. The largest absolute Gasteiger partial charge is 0.311 e. The molecule has 2 heteroatoms. The molecule has 2 unspecified atom stereocenters. The Bertz CT molecular complexity index is 444. The first kappa shape index (κ1) is 14.1. The molecule has 20 heavy (non-hydrogen) atoms. The summed E-state index contributed by atoms with van der Waals surface area (Å²) in [5, 5.41) is 3.74. The third kappa shape index (κ3) is 2.91. The predicted octanol–water partition coefficient (Wildman–Crippen LogP) is 3.27. The van der Waals surface area contributed by atoms with Crippen molar-refractivity contribution < 1.29 is 0 Å². The molecule has 0 amide bonds. The van der Waals surface area contributed by atoms with Gasteiger partial charge in [0, 0.05) is 31.7 Å². The van der Waals surface area contributed by atoms with Crippen LogP contribution in [0.1, 0.15) is 42.9 Å². The van der Waals surface area contributed by atoms with E-state index < -0.39 is 0 Å². The standard InChI is InChI=1S/C18H28N2/c1-4-16-11-20(18(10-19-16)15-8-9-15)12-17-13(2)6-5-7-14(17)3/h5-7,15-16,18-19H,4,8-12H2,1-3H3. The molecule has 1 heterocycles. The number of nitrogens with one attached hydrogen (secondary N) is 1. The Morgan fingerprint density at radius 1 is 1.20 bits per heavy atom. The zero-order valence-corrected chi connectivity index (χ0v) is 13.2. The smallest absolute Gasteiger partial charge is 0.0253 e. The summed E-state index contributed by atoms with van der Waals surface area (Å²) in [6.07, 6.45) is 4.11. The van der Waals surface area contributed by atoms with Crippen LogP contribution in [0.5, 0.6) is 0 Å². The molecular weight excluding hydrogens is 244 g/mol. The van der Waals surface area contributed by atoms with Crippen molar-refractivity contribution in [1.82, 2.24) is 10.2 Å². The van der Waals surface area contributed by atoms with E-state index in [-0.39, 0.29) is 0 Å². The first-order valence-electron chi connectivity index (χ1n) is 8.21. The lowest BCUT2D eigenvalue weighted by Crippen LogP contribution is -2.56. The maximum absolute atomic E-state index is 3.74. The third-order valence-corrected chi connectivity index (χ3v) is 5.20. The maximum atomic E-state index is 3.74. The van der Waals surface area contributed by atoms with Crippen LogP contribution in [-0.4, -0.2) is 30.1 Å². The minimum absolute atomic E-state index is 0.675. The second-order valence-electron chi connectivity index (χ2n) is 6.72. The first-order chi connectivity index (χ1) is 9.69. The van der Waals surface area contributed by atoms with Crippen LogP contribution < -0.4 is 5.32 Å². The number of aryl methyl sites for hydroxylation is 2. The average Bonchev–Trinajstić information content (AvgIpc) is 3.27. The second-order valence-corrected chi connectivity index (χ2v) is 6.72. The van der Waals surface area contributed by atoms with Crippen LogP contribution in [0.3, 0.4) is 0 Å². The fourth-order valence-electron chi connectivity index (χ4n) is 3.60. The molecule has 1 saturated heterocycles. The van der Waals surface area contributed by atoms with Crippen molar-refractivity contribution in [3.63, 3.8) is 0 Å². The fraction of sp³-hybridized carbons (Fsp3) is 0.667. The van der Waals surface area contributed by atoms with Gasteiger partial charge in [-0.25, -0.2) is 0 Å². The van der Waals surface area contributed by atoms with Crippen LogP contribution in [0.25, 0.3) is 0 Å². The minimum atomic E-state index is 0.675. The van der Waals surface area contributed by atoms with Crippen LogP contribution in [0.15, 0.2) is 18.2 Å². The van der Waals surface area contributed by atoms with Gasteiger partial charge in [-0.1, -0.05) is 25.1 Å². The molecular formula is C18H28N2. The molecule has 1 N–H and O–H groups in total. The Labute approximate surface area is 123 Å². The number of piperazine rings is 1. The topological polar surface area (TPSA) is 15.3 Å². The second kappa shape index (κ2) is 5.87. The van der Waals surface area contributed by atoms with Gasteiger partial charge in [-0.2, -0.15) is 0 Å². The van der Waals surface area contributed by atoms with Gasteiger partial charge in [0.05, 0.1) is 0 Å². The highest BCUT2D eigenvalue weighted by Crippen LogP contribution is 2.37. The van der Waals surface area contributed by atoms with Crippen LogP contribution >= 0.6 is 0 Å². The highest BCUT2D eigenvalue weighted by atomic mass is 15.2. The normalized spacial score (nSPS) is 27.8. The highest BCUT2D eigenvalue weighted by Gasteiger charge is 2.38. The number of nitrogens with zero attached hydrogens (tertiary/aromatic N) is 1. The van der Waals surface area contributed by atoms with Crippen LogP contribution in [-0.2, 0) is 6.54 Å². The van der Waals surface area contributed by atoms with Crippen molar-refractivity contribution in [2.45, 2.75) is 58.7 Å². The van der Waals surface area contributed by atoms with Gasteiger partial charge in [-0.05, 0) is 55.7 Å². The van der Waals surface area contributed by atoms with Gasteiger partial charge in [0.15, 0.2) is 0 Å². The summed E-state index contributed by atoms with van der Waals surface area (Å²) in [7, 11) is 0. The lowest BCUT2D eigenvalue weighted by molar-refractivity contribution is 0.105. The van der Waals surface area contributed by atoms with Gasteiger partial charge in [0.2, 0.25) is 0 Å². The molecule has 1 aliphatic heterocycles. The predicted molar refractivity (Wildman–Crippen MR) is 84.9 cm³/mol. The number of benzene rings is 1. The molecule has 3 rings (SSSR count). The van der Waals surface area contributed by atoms with Gasteiger partial charge < -0.3 is 5.32 Å². The van der Waals surface area contributed by atoms with Gasteiger partial charge in [0.1, 0.15) is 0 Å². The lowest BCUT2D eigenvalue weighted by Gasteiger charge is -2.41. The summed E-state index contributed by atoms with van der Waals surface area (Å²) < 4.78 is 0. The summed E-state index contributed by atoms with van der Waals surface area (Å²) in [5.74, 6) is 0.949. The van der Waals surface area contributed by atoms with E-state index in [1.54, 1.807) is 5.56 Å². The molecule has 1 aromatic rings. The molecule has 2 nitrogen and oxygen atoms in total. The van der Waals surface area contributed by atoms with Crippen molar-refractivity contribution in [2.75, 3.05) is 13.1 Å². The van der Waals surface area contributed by atoms with Crippen molar-refractivity contribution in [3.8, 4) is 0 Å². The van der Waals surface area contributed by atoms with E-state index >= 15 is 0 Å². The molecule has 1 aromatic carbocycles. The molecule has 0 aromatic heterocycles. The van der Waals surface area contributed by atoms with E-state index in [0.29, 0.717) is 6.04 Å². The van der Waals surface area contributed by atoms with E-state index in [1.165, 1.54) is 43.5 Å². The van der Waals surface area contributed by atoms with E-state index in [1.807, 2.05) is 0 Å². The summed E-state index contributed by atoms with van der Waals surface area (Å²) in [6.45, 7) is 10.4. The molecule has 1 aliphatic carbocycles. The Morgan fingerprint density at radius 3 is 2.50 bits per heavy atom. The van der Waals surface area contributed by atoms with E-state index in [4.69, 9.17) is 0 Å². The van der Waals surface area contributed by atoms with Crippen LogP contribution in [0.4, 0.5) is 0 Å². The summed E-state index contributed by atoms with van der Waals surface area (Å²) in [6, 6.07) is 8.13. The van der Waals surface area contributed by atoms with Gasteiger partial charge in [-0.15, -0.1) is 0 Å². The SMILES string of the molecule is CCC1CN(Cc2c(C)cccc2C)C(C2CC2)CN1. The Balaban J connectivity index is 1.78. The molecule has 2 atom stereocenters. The van der Waals surface area contributed by atoms with Crippen molar-refractivity contribution >= 4 is 0 Å². The molecule has 2 fully saturated rings. The minimum Gasteiger partial charge on any atom is -0.311 e. The summed E-state index contributed by atoms with van der Waals surface area (Å²) in [5.41, 5.74) is 4.45. The average molecular weight is 272 g/mol. The third-order valence-electron chi connectivity index (χ3n) is 5.20. The van der Waals surface area contributed by atoms with Crippen LogP contribution in [0, 0.1) is 19.8 Å². The summed E-state index contributed by atoms with van der Waals surface area (Å²) >= 11 is 0. The number of hydrogen-bond donors (Lipinski definition) is 1. The fourth-order valence-corrected chi connectivity index (χ4v) is 3.60. The monoisotopic (exact) mass is 272 g/mol. The molecule has 0 spiro atoms. The van der Waals surface area contributed by atoms with E-state index in [9.17, 15) is 0 Å². The van der Waals surface area contributed by atoms with Gasteiger partial charge >= 0.3 is 0 Å². The number of hydrogen-bond acceptors (Lipinski definition) is 2. The molecule has 1 saturated carbocycles. The van der Waals surface area contributed by atoms with E-state index in [0.717, 1.165) is 18.5 Å². The quantitative estimate of drug-likeness (QED) is 0.905. The zero-order valence-electron chi connectivity index (χ0n) is 13.2. The van der Waals surface area contributed by atoms with Crippen molar-refractivity contribution in [2.24, 2.45) is 5.92 Å². The van der Waals surface area contributed by atoms with Crippen LogP contribution in [0.2, 0.25) is 0 Å². The van der Waals surface area contributed by atoms with E-state index in [2.05, 4.69) is 49.2 Å². The van der Waals surface area contributed by atoms with Gasteiger partial charge in [-0.3, -0.25) is 4.90 Å². The molecule has 110 valence electrons.